The Labute approximate surface area is 126 Å². The van der Waals surface area contributed by atoms with Crippen LogP contribution in [0.15, 0.2) is 36.7 Å². The summed E-state index contributed by atoms with van der Waals surface area (Å²) in [6.07, 6.45) is 3.70. The number of aryl methyl sites for hydroxylation is 2. The summed E-state index contributed by atoms with van der Waals surface area (Å²) in [4.78, 5) is 4.17. The largest absolute Gasteiger partial charge is 0.489 e. The quantitative estimate of drug-likeness (QED) is 0.793. The minimum absolute atomic E-state index is 0.542. The molecule has 0 spiro atoms. The van der Waals surface area contributed by atoms with Gasteiger partial charge < -0.3 is 14.8 Å². The fourth-order valence-corrected chi connectivity index (χ4v) is 2.00. The lowest BCUT2D eigenvalue weighted by Gasteiger charge is -2.14. The van der Waals surface area contributed by atoms with Crippen LogP contribution >= 0.6 is 0 Å². The highest BCUT2D eigenvalue weighted by atomic mass is 16.5. The summed E-state index contributed by atoms with van der Waals surface area (Å²) >= 11 is 0. The number of anilines is 1. The Bertz CT molecular complexity index is 585. The highest BCUT2D eigenvalue weighted by Gasteiger charge is 2.05. The van der Waals surface area contributed by atoms with E-state index < -0.39 is 0 Å². The van der Waals surface area contributed by atoms with Crippen molar-refractivity contribution in [3.63, 3.8) is 0 Å². The Hall–Kier alpha value is -2.07. The zero-order chi connectivity index (χ0) is 15.1. The molecule has 4 nitrogen and oxygen atoms in total. The van der Waals surface area contributed by atoms with Gasteiger partial charge in [0.15, 0.2) is 0 Å². The lowest BCUT2D eigenvalue weighted by atomic mass is 10.1. The number of hydrogen-bond acceptors (Lipinski definition) is 4. The number of hydrogen-bond donors (Lipinski definition) is 1. The molecule has 21 heavy (non-hydrogen) atoms. The summed E-state index contributed by atoms with van der Waals surface area (Å²) in [5.41, 5.74) is 4.57. The van der Waals surface area contributed by atoms with Crippen molar-refractivity contribution in [1.29, 1.82) is 0 Å². The maximum absolute atomic E-state index is 5.77. The SMILES string of the molecule is COCCOc1cc(C)ccc1NCc1cnccc1C. The van der Waals surface area contributed by atoms with Gasteiger partial charge in [-0.25, -0.2) is 0 Å². The Morgan fingerprint density at radius 3 is 2.76 bits per heavy atom. The van der Waals surface area contributed by atoms with E-state index in [1.807, 2.05) is 30.6 Å². The molecule has 4 heteroatoms. The number of nitrogens with zero attached hydrogens (tertiary/aromatic N) is 1. The molecule has 0 radical (unpaired) electrons. The minimum atomic E-state index is 0.542. The number of ether oxygens (including phenoxy) is 2. The summed E-state index contributed by atoms with van der Waals surface area (Å²) in [6, 6.07) is 8.17. The Balaban J connectivity index is 2.06. The average molecular weight is 286 g/mol. The summed E-state index contributed by atoms with van der Waals surface area (Å²) in [5, 5.41) is 3.42. The van der Waals surface area contributed by atoms with Crippen molar-refractivity contribution in [2.75, 3.05) is 25.6 Å². The smallest absolute Gasteiger partial charge is 0.142 e. The monoisotopic (exact) mass is 286 g/mol. The predicted molar refractivity (Wildman–Crippen MR) is 84.9 cm³/mol. The van der Waals surface area contributed by atoms with E-state index in [0.29, 0.717) is 13.2 Å². The molecule has 0 saturated heterocycles. The van der Waals surface area contributed by atoms with Gasteiger partial charge in [0.25, 0.3) is 0 Å². The van der Waals surface area contributed by atoms with E-state index in [2.05, 4.69) is 30.2 Å². The van der Waals surface area contributed by atoms with Crippen molar-refractivity contribution in [2.45, 2.75) is 20.4 Å². The van der Waals surface area contributed by atoms with E-state index >= 15 is 0 Å². The molecule has 2 rings (SSSR count). The normalized spacial score (nSPS) is 10.4. The van der Waals surface area contributed by atoms with Crippen LogP contribution < -0.4 is 10.1 Å². The standard InChI is InChI=1S/C17H22N2O2/c1-13-4-5-16(17(10-13)21-9-8-20-3)19-12-15-11-18-7-6-14(15)2/h4-7,10-11,19H,8-9,12H2,1-3H3. The molecule has 2 aromatic rings. The van der Waals surface area contributed by atoms with Gasteiger partial charge in [-0.2, -0.15) is 0 Å². The maximum Gasteiger partial charge on any atom is 0.142 e. The molecule has 1 heterocycles. The van der Waals surface area contributed by atoms with E-state index in [4.69, 9.17) is 9.47 Å². The van der Waals surface area contributed by atoms with Crippen LogP contribution in [0.2, 0.25) is 0 Å². The van der Waals surface area contributed by atoms with Crippen LogP contribution in [0.25, 0.3) is 0 Å². The summed E-state index contributed by atoms with van der Waals surface area (Å²) in [5.74, 6) is 0.855. The number of aromatic nitrogens is 1. The van der Waals surface area contributed by atoms with Crippen LogP contribution in [-0.4, -0.2) is 25.3 Å². The van der Waals surface area contributed by atoms with Gasteiger partial charge in [-0.15, -0.1) is 0 Å². The summed E-state index contributed by atoms with van der Waals surface area (Å²) < 4.78 is 10.8. The van der Waals surface area contributed by atoms with Crippen molar-refractivity contribution in [3.05, 3.63) is 53.3 Å². The van der Waals surface area contributed by atoms with Crippen LogP contribution in [-0.2, 0) is 11.3 Å². The highest BCUT2D eigenvalue weighted by molar-refractivity contribution is 5.58. The first-order chi connectivity index (χ1) is 10.2. The van der Waals surface area contributed by atoms with Gasteiger partial charge in [0.2, 0.25) is 0 Å². The first kappa shape index (κ1) is 15.3. The highest BCUT2D eigenvalue weighted by Crippen LogP contribution is 2.26. The van der Waals surface area contributed by atoms with E-state index in [1.54, 1.807) is 7.11 Å². The summed E-state index contributed by atoms with van der Waals surface area (Å²) in [7, 11) is 1.67. The van der Waals surface area contributed by atoms with Crippen LogP contribution in [0.4, 0.5) is 5.69 Å². The molecule has 0 aliphatic heterocycles. The van der Waals surface area contributed by atoms with Crippen molar-refractivity contribution >= 4 is 5.69 Å². The molecule has 0 atom stereocenters. The van der Waals surface area contributed by atoms with Crippen LogP contribution in [0.5, 0.6) is 5.75 Å². The van der Waals surface area contributed by atoms with Crippen molar-refractivity contribution in [3.8, 4) is 5.75 Å². The fourth-order valence-electron chi connectivity index (χ4n) is 2.00. The third kappa shape index (κ3) is 4.46. The first-order valence-corrected chi connectivity index (χ1v) is 7.06. The third-order valence-electron chi connectivity index (χ3n) is 3.30. The molecule has 0 fully saturated rings. The van der Waals surface area contributed by atoms with Crippen molar-refractivity contribution in [1.82, 2.24) is 4.98 Å². The fraction of sp³-hybridized carbons (Fsp3) is 0.353. The van der Waals surface area contributed by atoms with Gasteiger partial charge in [0, 0.05) is 26.0 Å². The summed E-state index contributed by atoms with van der Waals surface area (Å²) in [6.45, 7) is 5.99. The first-order valence-electron chi connectivity index (χ1n) is 7.06. The lowest BCUT2D eigenvalue weighted by molar-refractivity contribution is 0.146. The molecule has 0 aliphatic carbocycles. The number of methoxy groups -OCH3 is 1. The molecule has 112 valence electrons. The van der Waals surface area contributed by atoms with Crippen LogP contribution in [0.3, 0.4) is 0 Å². The van der Waals surface area contributed by atoms with E-state index in [1.165, 1.54) is 16.7 Å². The molecule has 0 aliphatic rings. The van der Waals surface area contributed by atoms with Crippen LogP contribution in [0, 0.1) is 13.8 Å². The molecule has 1 aromatic carbocycles. The maximum atomic E-state index is 5.77. The Kier molecular flexibility index (Phi) is 5.58. The van der Waals surface area contributed by atoms with E-state index in [-0.39, 0.29) is 0 Å². The van der Waals surface area contributed by atoms with Crippen LogP contribution in [0.1, 0.15) is 16.7 Å². The third-order valence-corrected chi connectivity index (χ3v) is 3.30. The van der Waals surface area contributed by atoms with E-state index in [0.717, 1.165) is 18.0 Å². The van der Waals surface area contributed by atoms with Gasteiger partial charge in [-0.3, -0.25) is 4.98 Å². The van der Waals surface area contributed by atoms with Gasteiger partial charge >= 0.3 is 0 Å². The zero-order valence-corrected chi connectivity index (χ0v) is 12.8. The molecule has 0 bridgehead atoms. The topological polar surface area (TPSA) is 43.4 Å². The molecular weight excluding hydrogens is 264 g/mol. The number of nitrogens with one attached hydrogen (secondary N) is 1. The average Bonchev–Trinajstić information content (AvgIpc) is 2.48. The Morgan fingerprint density at radius 2 is 2.00 bits per heavy atom. The lowest BCUT2D eigenvalue weighted by Crippen LogP contribution is -2.08. The Morgan fingerprint density at radius 1 is 1.14 bits per heavy atom. The van der Waals surface area contributed by atoms with Gasteiger partial charge in [-0.05, 0) is 48.7 Å². The molecule has 1 N–H and O–H groups in total. The van der Waals surface area contributed by atoms with Gasteiger partial charge in [0.05, 0.1) is 12.3 Å². The number of pyridine rings is 1. The van der Waals surface area contributed by atoms with E-state index in [9.17, 15) is 0 Å². The molecule has 1 aromatic heterocycles. The van der Waals surface area contributed by atoms with Gasteiger partial charge in [0.1, 0.15) is 12.4 Å². The molecular formula is C17H22N2O2. The second kappa shape index (κ2) is 7.64. The van der Waals surface area contributed by atoms with Gasteiger partial charge in [-0.1, -0.05) is 6.07 Å². The second-order valence-electron chi connectivity index (χ2n) is 5.00. The van der Waals surface area contributed by atoms with Crippen molar-refractivity contribution in [2.24, 2.45) is 0 Å². The molecule has 0 saturated carbocycles. The second-order valence-corrected chi connectivity index (χ2v) is 5.00. The van der Waals surface area contributed by atoms with Crippen molar-refractivity contribution < 1.29 is 9.47 Å². The number of rotatable bonds is 7. The molecule has 0 amide bonds. The minimum Gasteiger partial charge on any atom is -0.489 e. The predicted octanol–water partition coefficient (Wildman–Crippen LogP) is 3.34. The zero-order valence-electron chi connectivity index (χ0n) is 12.8. The number of benzene rings is 1. The molecule has 0 unspecified atom stereocenters.